The number of fused-ring (bicyclic) bond motifs is 1. The molecule has 2 rings (SSSR count). The summed E-state index contributed by atoms with van der Waals surface area (Å²) < 4.78 is 5.41. The van der Waals surface area contributed by atoms with Gasteiger partial charge in [0, 0.05) is 38.0 Å². The summed E-state index contributed by atoms with van der Waals surface area (Å²) in [6.45, 7) is 5.86. The van der Waals surface area contributed by atoms with E-state index in [9.17, 15) is 0 Å². The molecular weight excluding hydrogens is 224 g/mol. The van der Waals surface area contributed by atoms with Gasteiger partial charge in [-0.25, -0.2) is 0 Å². The van der Waals surface area contributed by atoms with Crippen molar-refractivity contribution in [1.29, 1.82) is 0 Å². The fraction of sp³-hybridized carbons (Fsp3) is 0.600. The van der Waals surface area contributed by atoms with Gasteiger partial charge in [-0.05, 0) is 37.8 Å². The number of nitrogens with zero attached hydrogens (tertiary/aromatic N) is 1. The maximum absolute atomic E-state index is 6.23. The van der Waals surface area contributed by atoms with E-state index in [1.54, 1.807) is 0 Å². The van der Waals surface area contributed by atoms with Crippen LogP contribution in [-0.4, -0.2) is 26.3 Å². The third-order valence-electron chi connectivity index (χ3n) is 3.54. The van der Waals surface area contributed by atoms with Gasteiger partial charge in [0.25, 0.3) is 0 Å². The molecule has 0 spiro atoms. The van der Waals surface area contributed by atoms with Gasteiger partial charge >= 0.3 is 0 Å². The molecule has 1 aliphatic heterocycles. The first-order valence-electron chi connectivity index (χ1n) is 7.00. The van der Waals surface area contributed by atoms with Crippen LogP contribution in [0.25, 0.3) is 0 Å². The van der Waals surface area contributed by atoms with Crippen molar-refractivity contribution in [3.63, 3.8) is 0 Å². The number of para-hydroxylation sites is 1. The molecule has 18 heavy (non-hydrogen) atoms. The Balaban J connectivity index is 2.04. The molecule has 1 heterocycles. The summed E-state index contributed by atoms with van der Waals surface area (Å²) in [6, 6.07) is 8.75. The Hall–Kier alpha value is -1.06. The lowest BCUT2D eigenvalue weighted by molar-refractivity contribution is 0.146. The van der Waals surface area contributed by atoms with Crippen LogP contribution in [0.1, 0.15) is 37.8 Å². The topological polar surface area (TPSA) is 38.5 Å². The zero-order valence-electron chi connectivity index (χ0n) is 11.3. The molecule has 1 atom stereocenters. The first kappa shape index (κ1) is 13.4. The van der Waals surface area contributed by atoms with Gasteiger partial charge in [-0.2, -0.15) is 0 Å². The van der Waals surface area contributed by atoms with Crippen LogP contribution >= 0.6 is 0 Å². The molecule has 2 N–H and O–H groups in total. The second kappa shape index (κ2) is 6.76. The highest BCUT2D eigenvalue weighted by Crippen LogP contribution is 2.31. The normalized spacial score (nSPS) is 19.4. The van der Waals surface area contributed by atoms with E-state index in [1.807, 2.05) is 6.92 Å². The zero-order chi connectivity index (χ0) is 12.8. The standard InChI is InChI=1S/C15H24N2O/c1-2-18-12-6-11-17-10-5-8-14(16)13-7-3-4-9-15(13)17/h3-4,7,9,14H,2,5-6,8,10-12,16H2,1H3. The Morgan fingerprint density at radius 3 is 3.06 bits per heavy atom. The summed E-state index contributed by atoms with van der Waals surface area (Å²) in [5.74, 6) is 0. The van der Waals surface area contributed by atoms with Crippen LogP contribution in [0.2, 0.25) is 0 Å². The minimum atomic E-state index is 0.193. The summed E-state index contributed by atoms with van der Waals surface area (Å²) in [7, 11) is 0. The number of anilines is 1. The largest absolute Gasteiger partial charge is 0.382 e. The van der Waals surface area contributed by atoms with E-state index in [2.05, 4.69) is 29.2 Å². The molecular formula is C15H24N2O. The van der Waals surface area contributed by atoms with Crippen LogP contribution in [0.15, 0.2) is 24.3 Å². The molecule has 3 nitrogen and oxygen atoms in total. The molecule has 0 aliphatic carbocycles. The summed E-state index contributed by atoms with van der Waals surface area (Å²) in [5, 5.41) is 0. The fourth-order valence-corrected chi connectivity index (χ4v) is 2.60. The number of ether oxygens (including phenoxy) is 1. The van der Waals surface area contributed by atoms with Crippen molar-refractivity contribution >= 4 is 5.69 Å². The summed E-state index contributed by atoms with van der Waals surface area (Å²) in [6.07, 6.45) is 3.33. The van der Waals surface area contributed by atoms with Crippen molar-refractivity contribution in [3.05, 3.63) is 29.8 Å². The summed E-state index contributed by atoms with van der Waals surface area (Å²) in [5.41, 5.74) is 8.85. The molecule has 1 aromatic rings. The van der Waals surface area contributed by atoms with Gasteiger partial charge in [0.2, 0.25) is 0 Å². The first-order chi connectivity index (χ1) is 8.83. The van der Waals surface area contributed by atoms with Crippen LogP contribution in [0.5, 0.6) is 0 Å². The van der Waals surface area contributed by atoms with Gasteiger partial charge in [0.05, 0.1) is 0 Å². The van der Waals surface area contributed by atoms with Crippen LogP contribution in [0.3, 0.4) is 0 Å². The average Bonchev–Trinajstić information content (AvgIpc) is 2.56. The lowest BCUT2D eigenvalue weighted by atomic mass is 10.0. The average molecular weight is 248 g/mol. The van der Waals surface area contributed by atoms with E-state index < -0.39 is 0 Å². The maximum Gasteiger partial charge on any atom is 0.0482 e. The molecule has 0 radical (unpaired) electrons. The predicted molar refractivity (Wildman–Crippen MR) is 75.9 cm³/mol. The van der Waals surface area contributed by atoms with Crippen LogP contribution in [-0.2, 0) is 4.74 Å². The molecule has 0 fully saturated rings. The van der Waals surface area contributed by atoms with Crippen molar-refractivity contribution in [2.75, 3.05) is 31.2 Å². The third kappa shape index (κ3) is 3.24. The van der Waals surface area contributed by atoms with Crippen LogP contribution in [0, 0.1) is 0 Å². The molecule has 1 aromatic carbocycles. The molecule has 3 heteroatoms. The summed E-state index contributed by atoms with van der Waals surface area (Å²) >= 11 is 0. The number of rotatable bonds is 5. The second-order valence-corrected chi connectivity index (χ2v) is 4.85. The Labute approximate surface area is 110 Å². The van der Waals surface area contributed by atoms with E-state index in [0.717, 1.165) is 39.1 Å². The summed E-state index contributed by atoms with van der Waals surface area (Å²) in [4.78, 5) is 2.46. The first-order valence-corrected chi connectivity index (χ1v) is 7.00. The van der Waals surface area contributed by atoms with E-state index >= 15 is 0 Å². The quantitative estimate of drug-likeness (QED) is 0.814. The Morgan fingerprint density at radius 2 is 2.22 bits per heavy atom. The van der Waals surface area contributed by atoms with Gasteiger partial charge in [0.1, 0.15) is 0 Å². The highest BCUT2D eigenvalue weighted by atomic mass is 16.5. The SMILES string of the molecule is CCOCCCN1CCCC(N)c2ccccc21. The monoisotopic (exact) mass is 248 g/mol. The zero-order valence-corrected chi connectivity index (χ0v) is 11.3. The number of hydrogen-bond acceptors (Lipinski definition) is 3. The van der Waals surface area contributed by atoms with Gasteiger partial charge in [0.15, 0.2) is 0 Å². The smallest absolute Gasteiger partial charge is 0.0482 e. The minimum absolute atomic E-state index is 0.193. The van der Waals surface area contributed by atoms with E-state index in [0.29, 0.717) is 0 Å². The van der Waals surface area contributed by atoms with Crippen LogP contribution < -0.4 is 10.6 Å². The fourth-order valence-electron chi connectivity index (χ4n) is 2.60. The molecule has 0 aromatic heterocycles. The van der Waals surface area contributed by atoms with Crippen molar-refractivity contribution < 1.29 is 4.74 Å². The lowest BCUT2D eigenvalue weighted by Crippen LogP contribution is -2.26. The number of nitrogens with two attached hydrogens (primary N) is 1. The van der Waals surface area contributed by atoms with Gasteiger partial charge in [-0.15, -0.1) is 0 Å². The highest BCUT2D eigenvalue weighted by Gasteiger charge is 2.19. The molecule has 0 bridgehead atoms. The van der Waals surface area contributed by atoms with Gasteiger partial charge < -0.3 is 15.4 Å². The number of hydrogen-bond donors (Lipinski definition) is 1. The molecule has 1 unspecified atom stereocenters. The van der Waals surface area contributed by atoms with E-state index in [1.165, 1.54) is 17.7 Å². The van der Waals surface area contributed by atoms with Gasteiger partial charge in [-0.1, -0.05) is 18.2 Å². The molecule has 0 saturated carbocycles. The Bertz CT molecular complexity index is 367. The molecule has 0 amide bonds. The van der Waals surface area contributed by atoms with Gasteiger partial charge in [-0.3, -0.25) is 0 Å². The lowest BCUT2D eigenvalue weighted by Gasteiger charge is -2.25. The maximum atomic E-state index is 6.23. The van der Waals surface area contributed by atoms with E-state index in [4.69, 9.17) is 10.5 Å². The third-order valence-corrected chi connectivity index (χ3v) is 3.54. The number of benzene rings is 1. The van der Waals surface area contributed by atoms with Crippen molar-refractivity contribution in [2.24, 2.45) is 5.73 Å². The molecule has 100 valence electrons. The Kier molecular flexibility index (Phi) is 5.02. The van der Waals surface area contributed by atoms with Crippen molar-refractivity contribution in [2.45, 2.75) is 32.2 Å². The Morgan fingerprint density at radius 1 is 1.39 bits per heavy atom. The van der Waals surface area contributed by atoms with Crippen LogP contribution in [0.4, 0.5) is 5.69 Å². The highest BCUT2D eigenvalue weighted by molar-refractivity contribution is 5.55. The van der Waals surface area contributed by atoms with Crippen molar-refractivity contribution in [3.8, 4) is 0 Å². The molecule has 0 saturated heterocycles. The molecule has 1 aliphatic rings. The second-order valence-electron chi connectivity index (χ2n) is 4.85. The predicted octanol–water partition coefficient (Wildman–Crippen LogP) is 2.71. The van der Waals surface area contributed by atoms with E-state index in [-0.39, 0.29) is 6.04 Å². The van der Waals surface area contributed by atoms with Crippen molar-refractivity contribution in [1.82, 2.24) is 0 Å². The minimum Gasteiger partial charge on any atom is -0.382 e.